The zero-order valence-electron chi connectivity index (χ0n) is 33.3. The molecule has 0 aromatic carbocycles. The number of carboxylic acids is 1. The van der Waals surface area contributed by atoms with E-state index in [0.717, 1.165) is 70.6 Å². The van der Waals surface area contributed by atoms with E-state index in [-0.39, 0.29) is 13.0 Å². The van der Waals surface area contributed by atoms with Crippen LogP contribution in [0.2, 0.25) is 0 Å². The number of hydrogen-bond donors (Lipinski definition) is 3. The van der Waals surface area contributed by atoms with Crippen molar-refractivity contribution in [1.29, 1.82) is 0 Å². The lowest BCUT2D eigenvalue weighted by atomic mass is 10.0. The maximum atomic E-state index is 12.6. The lowest BCUT2D eigenvalue weighted by Crippen LogP contribution is -2.34. The van der Waals surface area contributed by atoms with Gasteiger partial charge in [0.1, 0.15) is 12.1 Å². The van der Waals surface area contributed by atoms with Gasteiger partial charge >= 0.3 is 19.8 Å². The van der Waals surface area contributed by atoms with E-state index >= 15 is 0 Å². The summed E-state index contributed by atoms with van der Waals surface area (Å²) in [5, 5.41) is 8.88. The van der Waals surface area contributed by atoms with Crippen LogP contribution in [0.25, 0.3) is 0 Å². The smallest absolute Gasteiger partial charge is 0.472 e. The molecule has 11 heteroatoms. The maximum absolute atomic E-state index is 12.6. The molecule has 0 fully saturated rings. The summed E-state index contributed by atoms with van der Waals surface area (Å²) in [6, 6.07) is -1.48. The summed E-state index contributed by atoms with van der Waals surface area (Å²) in [7, 11) is -4.62. The fourth-order valence-electron chi connectivity index (χ4n) is 5.42. The molecule has 3 atom stereocenters. The normalized spacial score (nSPS) is 14.5. The standard InChI is InChI=1S/C42H76NO9P/c1-3-5-7-9-11-13-15-17-19-20-21-22-24-26-28-30-32-34-41(44)52-39(37-50-53(47,48)51-38-40(43)42(45)46)36-49-35-33-31-29-27-25-23-18-16-14-12-10-8-6-4-2/h5,7,11,13,17,19,21-22,39-40H,3-4,6,8-10,12,14-16,18,20,23-38,43H2,1-2H3,(H,45,46)(H,47,48)/b7-5-,13-11-,19-17-,22-21-. The molecule has 0 saturated carbocycles. The number of carbonyl (C=O) groups excluding carboxylic acids is 1. The molecule has 10 nitrogen and oxygen atoms in total. The Morgan fingerprint density at radius 1 is 0.623 bits per heavy atom. The largest absolute Gasteiger partial charge is 0.480 e. The molecule has 0 spiro atoms. The van der Waals surface area contributed by atoms with Crippen LogP contribution in [0.1, 0.15) is 168 Å². The molecule has 0 heterocycles. The topological polar surface area (TPSA) is 155 Å². The van der Waals surface area contributed by atoms with Gasteiger partial charge in [-0.05, 0) is 51.4 Å². The summed E-state index contributed by atoms with van der Waals surface area (Å²) in [4.78, 5) is 33.5. The summed E-state index contributed by atoms with van der Waals surface area (Å²) in [5.41, 5.74) is 5.35. The van der Waals surface area contributed by atoms with E-state index in [1.54, 1.807) is 0 Å². The van der Waals surface area contributed by atoms with Crippen LogP contribution >= 0.6 is 7.82 Å². The van der Waals surface area contributed by atoms with Crippen LogP contribution in [0.4, 0.5) is 0 Å². The highest BCUT2D eigenvalue weighted by Gasteiger charge is 2.27. The van der Waals surface area contributed by atoms with E-state index in [4.69, 9.17) is 29.4 Å². The molecule has 0 aliphatic rings. The van der Waals surface area contributed by atoms with Crippen LogP contribution in [-0.2, 0) is 32.7 Å². The van der Waals surface area contributed by atoms with Crippen molar-refractivity contribution in [2.24, 2.45) is 5.73 Å². The van der Waals surface area contributed by atoms with Gasteiger partial charge in [-0.15, -0.1) is 0 Å². The molecule has 0 radical (unpaired) electrons. The number of esters is 1. The van der Waals surface area contributed by atoms with Crippen LogP contribution in [-0.4, -0.2) is 60.5 Å². The highest BCUT2D eigenvalue weighted by molar-refractivity contribution is 7.47. The van der Waals surface area contributed by atoms with Gasteiger partial charge in [0, 0.05) is 13.0 Å². The van der Waals surface area contributed by atoms with Crippen molar-refractivity contribution < 1.29 is 42.7 Å². The summed E-state index contributed by atoms with van der Waals surface area (Å²) < 4.78 is 33.3. The quantitative estimate of drug-likeness (QED) is 0.0238. The number of allylic oxidation sites excluding steroid dienone is 8. The number of unbranched alkanes of at least 4 members (excludes halogenated alkanes) is 17. The van der Waals surface area contributed by atoms with Crippen LogP contribution in [0, 0.1) is 0 Å². The van der Waals surface area contributed by atoms with Crippen LogP contribution in [0.15, 0.2) is 48.6 Å². The Bertz CT molecular complexity index is 1030. The molecule has 0 aliphatic heterocycles. The first-order chi connectivity index (χ1) is 25.7. The molecular weight excluding hydrogens is 693 g/mol. The molecule has 4 N–H and O–H groups in total. The number of phosphoric acid groups is 1. The molecule has 0 aromatic rings. The third-order valence-corrected chi connectivity index (χ3v) is 9.57. The third kappa shape index (κ3) is 38.0. The molecule has 0 amide bonds. The van der Waals surface area contributed by atoms with E-state index in [0.29, 0.717) is 13.0 Å². The average Bonchev–Trinajstić information content (AvgIpc) is 3.13. The van der Waals surface area contributed by atoms with Crippen molar-refractivity contribution in [3.63, 3.8) is 0 Å². The van der Waals surface area contributed by atoms with E-state index in [1.165, 1.54) is 70.6 Å². The summed E-state index contributed by atoms with van der Waals surface area (Å²) in [6.45, 7) is 3.74. The number of phosphoric ester groups is 1. The number of nitrogens with two attached hydrogens (primary N) is 1. The molecule has 0 rings (SSSR count). The second kappa shape index (κ2) is 38.2. The van der Waals surface area contributed by atoms with Gasteiger partial charge in [-0.3, -0.25) is 18.6 Å². The second-order valence-corrected chi connectivity index (χ2v) is 15.2. The van der Waals surface area contributed by atoms with E-state index in [2.05, 4.69) is 62.5 Å². The minimum absolute atomic E-state index is 0.00763. The van der Waals surface area contributed by atoms with Gasteiger partial charge in [0.15, 0.2) is 0 Å². The fraction of sp³-hybridized carbons (Fsp3) is 0.762. The Balaban J connectivity index is 4.32. The monoisotopic (exact) mass is 770 g/mol. The van der Waals surface area contributed by atoms with Crippen LogP contribution in [0.3, 0.4) is 0 Å². The predicted molar refractivity (Wildman–Crippen MR) is 217 cm³/mol. The van der Waals surface area contributed by atoms with Gasteiger partial charge in [-0.1, -0.05) is 159 Å². The van der Waals surface area contributed by atoms with Crippen LogP contribution in [0.5, 0.6) is 0 Å². The fourth-order valence-corrected chi connectivity index (χ4v) is 6.20. The SMILES string of the molecule is CC/C=C\C/C=C\C/C=C\C/C=C\CCCCCCC(=O)OC(COCCCCCCCCCCCCCCCC)COP(=O)(O)OCC(N)C(=O)O. The molecule has 53 heavy (non-hydrogen) atoms. The van der Waals surface area contributed by atoms with Gasteiger partial charge in [-0.25, -0.2) is 4.57 Å². The first-order valence-corrected chi connectivity index (χ1v) is 22.2. The highest BCUT2D eigenvalue weighted by atomic mass is 31.2. The highest BCUT2D eigenvalue weighted by Crippen LogP contribution is 2.43. The number of ether oxygens (including phenoxy) is 2. The van der Waals surface area contributed by atoms with E-state index in [1.807, 2.05) is 0 Å². The minimum Gasteiger partial charge on any atom is -0.480 e. The number of aliphatic carboxylic acids is 1. The van der Waals surface area contributed by atoms with Crippen molar-refractivity contribution in [3.05, 3.63) is 48.6 Å². The first-order valence-electron chi connectivity index (χ1n) is 20.7. The van der Waals surface area contributed by atoms with Crippen molar-refractivity contribution in [2.45, 2.75) is 180 Å². The Kier molecular flexibility index (Phi) is 36.7. The number of carboxylic acid groups (broad SMARTS) is 1. The van der Waals surface area contributed by atoms with Gasteiger partial charge in [0.2, 0.25) is 0 Å². The van der Waals surface area contributed by atoms with E-state index < -0.39 is 45.1 Å². The summed E-state index contributed by atoms with van der Waals surface area (Å²) in [5.74, 6) is -1.80. The van der Waals surface area contributed by atoms with Crippen molar-refractivity contribution in [2.75, 3.05) is 26.4 Å². The maximum Gasteiger partial charge on any atom is 0.472 e. The molecule has 3 unspecified atom stereocenters. The Morgan fingerprint density at radius 3 is 1.64 bits per heavy atom. The van der Waals surface area contributed by atoms with Gasteiger partial charge < -0.3 is 25.2 Å². The molecular formula is C42H76NO9P. The first kappa shape index (κ1) is 50.9. The molecule has 0 aliphatic carbocycles. The Hall–Kier alpha value is -2.07. The van der Waals surface area contributed by atoms with Gasteiger partial charge in [-0.2, -0.15) is 0 Å². The number of rotatable bonds is 39. The van der Waals surface area contributed by atoms with Crippen LogP contribution < -0.4 is 5.73 Å². The number of hydrogen-bond acceptors (Lipinski definition) is 8. The summed E-state index contributed by atoms with van der Waals surface area (Å²) in [6.07, 6.45) is 43.0. The second-order valence-electron chi connectivity index (χ2n) is 13.7. The lowest BCUT2D eigenvalue weighted by Gasteiger charge is -2.20. The van der Waals surface area contributed by atoms with Crippen molar-refractivity contribution in [1.82, 2.24) is 0 Å². The third-order valence-electron chi connectivity index (χ3n) is 8.62. The summed E-state index contributed by atoms with van der Waals surface area (Å²) >= 11 is 0. The average molecular weight is 770 g/mol. The predicted octanol–water partition coefficient (Wildman–Crippen LogP) is 11.1. The Morgan fingerprint density at radius 2 is 1.09 bits per heavy atom. The molecule has 0 saturated heterocycles. The minimum atomic E-state index is -4.62. The zero-order chi connectivity index (χ0) is 39.1. The number of carbonyl (C=O) groups is 2. The lowest BCUT2D eigenvalue weighted by molar-refractivity contribution is -0.154. The van der Waals surface area contributed by atoms with Gasteiger partial charge in [0.25, 0.3) is 0 Å². The van der Waals surface area contributed by atoms with E-state index in [9.17, 15) is 19.0 Å². The molecule has 0 aromatic heterocycles. The van der Waals surface area contributed by atoms with Crippen molar-refractivity contribution in [3.8, 4) is 0 Å². The molecule has 308 valence electrons. The van der Waals surface area contributed by atoms with Crippen molar-refractivity contribution >= 4 is 19.8 Å². The Labute approximate surface area is 322 Å². The molecule has 0 bridgehead atoms. The van der Waals surface area contributed by atoms with Gasteiger partial charge in [0.05, 0.1) is 19.8 Å². The zero-order valence-corrected chi connectivity index (χ0v) is 34.2.